The molecule has 1 aromatic carbocycles. The van der Waals surface area contributed by atoms with Gasteiger partial charge in [-0.05, 0) is 57.5 Å². The monoisotopic (exact) mass is 376 g/mol. The summed E-state index contributed by atoms with van der Waals surface area (Å²) in [7, 11) is 0. The average molecular weight is 376 g/mol. The number of carbonyl (C=O) groups excluding carboxylic acids is 1. The number of thiophene rings is 1. The Bertz CT molecular complexity index is 1130. The number of anilines is 1. The lowest BCUT2D eigenvalue weighted by Crippen LogP contribution is -2.13. The Morgan fingerprint density at radius 1 is 1.04 bits per heavy atom. The lowest BCUT2D eigenvalue weighted by Gasteiger charge is -2.11. The minimum absolute atomic E-state index is 0.118. The van der Waals surface area contributed by atoms with Crippen molar-refractivity contribution in [3.05, 3.63) is 70.0 Å². The third-order valence-corrected chi connectivity index (χ3v) is 5.64. The zero-order chi connectivity index (χ0) is 19.1. The van der Waals surface area contributed by atoms with Gasteiger partial charge >= 0.3 is 0 Å². The lowest BCUT2D eigenvalue weighted by atomic mass is 10.1. The summed E-state index contributed by atoms with van der Waals surface area (Å²) in [5.74, 6) is -0.118. The van der Waals surface area contributed by atoms with Crippen LogP contribution in [-0.4, -0.2) is 20.7 Å². The highest BCUT2D eigenvalue weighted by molar-refractivity contribution is 7.20. The first kappa shape index (κ1) is 17.4. The zero-order valence-corrected chi connectivity index (χ0v) is 16.5. The second-order valence-corrected chi connectivity index (χ2v) is 7.69. The van der Waals surface area contributed by atoms with Gasteiger partial charge in [0.1, 0.15) is 4.83 Å². The summed E-state index contributed by atoms with van der Waals surface area (Å²) < 4.78 is 1.90. The van der Waals surface area contributed by atoms with Crippen molar-refractivity contribution in [3.63, 3.8) is 0 Å². The summed E-state index contributed by atoms with van der Waals surface area (Å²) in [5, 5.41) is 8.66. The molecular formula is C21H20N4OS. The van der Waals surface area contributed by atoms with Crippen LogP contribution < -0.4 is 5.32 Å². The molecule has 5 nitrogen and oxygen atoms in total. The van der Waals surface area contributed by atoms with Gasteiger partial charge in [0.2, 0.25) is 0 Å². The van der Waals surface area contributed by atoms with E-state index in [0.29, 0.717) is 4.88 Å². The van der Waals surface area contributed by atoms with Crippen molar-refractivity contribution in [2.24, 2.45) is 0 Å². The highest BCUT2D eigenvalue weighted by atomic mass is 32.1. The molecule has 0 aliphatic heterocycles. The number of hydrogen-bond acceptors (Lipinski definition) is 4. The number of aromatic nitrogens is 3. The molecule has 0 aliphatic carbocycles. The van der Waals surface area contributed by atoms with Crippen LogP contribution >= 0.6 is 11.3 Å². The molecule has 4 rings (SSSR count). The predicted molar refractivity (Wildman–Crippen MR) is 110 cm³/mol. The molecule has 0 unspecified atom stereocenters. The summed E-state index contributed by atoms with van der Waals surface area (Å²) in [6, 6.07) is 13.9. The topological polar surface area (TPSA) is 59.8 Å². The quantitative estimate of drug-likeness (QED) is 0.549. The van der Waals surface area contributed by atoms with E-state index in [1.54, 1.807) is 0 Å². The van der Waals surface area contributed by atoms with E-state index in [0.717, 1.165) is 44.2 Å². The molecule has 0 saturated carbocycles. The van der Waals surface area contributed by atoms with E-state index < -0.39 is 0 Å². The van der Waals surface area contributed by atoms with E-state index >= 15 is 0 Å². The highest BCUT2D eigenvalue weighted by Crippen LogP contribution is 2.31. The van der Waals surface area contributed by atoms with E-state index in [4.69, 9.17) is 0 Å². The number of para-hydroxylation sites is 1. The number of aryl methyl sites for hydroxylation is 4. The largest absolute Gasteiger partial charge is 0.319 e. The number of fused-ring (bicyclic) bond motifs is 1. The van der Waals surface area contributed by atoms with E-state index in [9.17, 15) is 4.79 Å². The van der Waals surface area contributed by atoms with Crippen LogP contribution in [0.5, 0.6) is 0 Å². The van der Waals surface area contributed by atoms with Crippen molar-refractivity contribution >= 4 is 33.1 Å². The number of benzene rings is 1. The molecule has 6 heteroatoms. The molecule has 136 valence electrons. The molecule has 0 spiro atoms. The number of carbonyl (C=O) groups is 1. The van der Waals surface area contributed by atoms with Gasteiger partial charge in [-0.15, -0.1) is 11.3 Å². The Morgan fingerprint density at radius 3 is 2.48 bits per heavy atom. The van der Waals surface area contributed by atoms with Gasteiger partial charge < -0.3 is 5.32 Å². The van der Waals surface area contributed by atoms with Crippen molar-refractivity contribution in [3.8, 4) is 5.69 Å². The van der Waals surface area contributed by atoms with Gasteiger partial charge in [-0.3, -0.25) is 9.78 Å². The normalized spacial score (nSPS) is 11.1. The van der Waals surface area contributed by atoms with Crippen molar-refractivity contribution in [2.45, 2.75) is 27.7 Å². The third kappa shape index (κ3) is 3.13. The van der Waals surface area contributed by atoms with Gasteiger partial charge in [0.15, 0.2) is 0 Å². The van der Waals surface area contributed by atoms with Crippen LogP contribution in [0.25, 0.3) is 15.9 Å². The van der Waals surface area contributed by atoms with Crippen LogP contribution in [0.2, 0.25) is 0 Å². The van der Waals surface area contributed by atoms with Gasteiger partial charge in [0, 0.05) is 11.1 Å². The van der Waals surface area contributed by atoms with Gasteiger partial charge in [-0.2, -0.15) is 5.10 Å². The van der Waals surface area contributed by atoms with E-state index in [-0.39, 0.29) is 5.91 Å². The van der Waals surface area contributed by atoms with E-state index in [1.165, 1.54) is 11.3 Å². The summed E-state index contributed by atoms with van der Waals surface area (Å²) in [5.41, 5.74) is 5.47. The maximum absolute atomic E-state index is 12.9. The fraction of sp³-hybridized carbons (Fsp3) is 0.190. The van der Waals surface area contributed by atoms with Crippen molar-refractivity contribution in [1.29, 1.82) is 0 Å². The molecule has 0 aliphatic rings. The fourth-order valence-corrected chi connectivity index (χ4v) is 4.37. The minimum atomic E-state index is -0.118. The number of hydrogen-bond donors (Lipinski definition) is 1. The standard InChI is InChI=1S/C21H20N4OS/c1-12-10-13(2)22-15(4)19(12)23-20(26)18-11-17-14(3)24-25(21(17)27-18)16-8-6-5-7-9-16/h5-11H,1-4H3,(H,23,26). The summed E-state index contributed by atoms with van der Waals surface area (Å²) in [6.07, 6.45) is 0. The van der Waals surface area contributed by atoms with Crippen LogP contribution in [0, 0.1) is 27.7 Å². The molecule has 0 fully saturated rings. The SMILES string of the molecule is Cc1cc(C)c(NC(=O)c2cc3c(C)nn(-c4ccccc4)c3s2)c(C)n1. The smallest absolute Gasteiger partial charge is 0.265 e. The lowest BCUT2D eigenvalue weighted by molar-refractivity contribution is 0.103. The first-order valence-electron chi connectivity index (χ1n) is 8.75. The predicted octanol–water partition coefficient (Wildman–Crippen LogP) is 4.97. The summed E-state index contributed by atoms with van der Waals surface area (Å²) in [6.45, 7) is 7.82. The van der Waals surface area contributed by atoms with E-state index in [1.807, 2.05) is 74.8 Å². The van der Waals surface area contributed by atoms with Gasteiger partial charge in [-0.25, -0.2) is 4.68 Å². The van der Waals surface area contributed by atoms with Crippen molar-refractivity contribution in [1.82, 2.24) is 14.8 Å². The molecule has 1 N–H and O–H groups in total. The first-order chi connectivity index (χ1) is 12.9. The van der Waals surface area contributed by atoms with Crippen LogP contribution in [0.1, 0.15) is 32.3 Å². The second kappa shape index (κ2) is 6.63. The Labute approximate surface area is 161 Å². The number of rotatable bonds is 3. The van der Waals surface area contributed by atoms with Crippen LogP contribution in [0.4, 0.5) is 5.69 Å². The van der Waals surface area contributed by atoms with Crippen molar-refractivity contribution in [2.75, 3.05) is 5.32 Å². The van der Waals surface area contributed by atoms with Crippen LogP contribution in [-0.2, 0) is 0 Å². The van der Waals surface area contributed by atoms with Crippen LogP contribution in [0.3, 0.4) is 0 Å². The number of amides is 1. The Morgan fingerprint density at radius 2 is 1.78 bits per heavy atom. The Balaban J connectivity index is 1.72. The number of nitrogens with zero attached hydrogens (tertiary/aromatic N) is 3. The van der Waals surface area contributed by atoms with Gasteiger partial charge in [-0.1, -0.05) is 18.2 Å². The molecule has 0 bridgehead atoms. The molecule has 3 heterocycles. The molecule has 0 saturated heterocycles. The Hall–Kier alpha value is -2.99. The molecule has 4 aromatic rings. The maximum Gasteiger partial charge on any atom is 0.265 e. The van der Waals surface area contributed by atoms with Gasteiger partial charge in [0.25, 0.3) is 5.91 Å². The zero-order valence-electron chi connectivity index (χ0n) is 15.7. The molecular weight excluding hydrogens is 356 g/mol. The van der Waals surface area contributed by atoms with Crippen LogP contribution in [0.15, 0.2) is 42.5 Å². The summed E-state index contributed by atoms with van der Waals surface area (Å²) in [4.78, 5) is 19.0. The number of pyridine rings is 1. The molecule has 27 heavy (non-hydrogen) atoms. The van der Waals surface area contributed by atoms with Crippen molar-refractivity contribution < 1.29 is 4.79 Å². The van der Waals surface area contributed by atoms with E-state index in [2.05, 4.69) is 15.4 Å². The molecule has 0 radical (unpaired) electrons. The fourth-order valence-electron chi connectivity index (χ4n) is 3.29. The molecule has 3 aromatic heterocycles. The third-order valence-electron chi connectivity index (χ3n) is 4.53. The van der Waals surface area contributed by atoms with Gasteiger partial charge in [0.05, 0.1) is 27.6 Å². The maximum atomic E-state index is 12.9. The number of nitrogens with one attached hydrogen (secondary N) is 1. The molecule has 1 amide bonds. The minimum Gasteiger partial charge on any atom is -0.319 e. The highest BCUT2D eigenvalue weighted by Gasteiger charge is 2.18. The second-order valence-electron chi connectivity index (χ2n) is 6.66. The first-order valence-corrected chi connectivity index (χ1v) is 9.56. The Kier molecular flexibility index (Phi) is 4.28. The molecule has 0 atom stereocenters. The summed E-state index contributed by atoms with van der Waals surface area (Å²) >= 11 is 1.45. The average Bonchev–Trinajstić information content (AvgIpc) is 3.19.